The van der Waals surface area contributed by atoms with Gasteiger partial charge in [0.05, 0.1) is 11.1 Å². The summed E-state index contributed by atoms with van der Waals surface area (Å²) in [6.07, 6.45) is 4.31. The van der Waals surface area contributed by atoms with Crippen LogP contribution in [0, 0.1) is 23.2 Å². The van der Waals surface area contributed by atoms with Crippen LogP contribution < -0.4 is 10.6 Å². The third-order valence-corrected chi connectivity index (χ3v) is 6.06. The highest BCUT2D eigenvalue weighted by Gasteiger charge is 2.67. The Morgan fingerprint density at radius 3 is 2.66 bits per heavy atom. The van der Waals surface area contributed by atoms with E-state index < -0.39 is 11.5 Å². The molecule has 0 aliphatic heterocycles. The number of aliphatic hydroxyl groups is 2. The summed E-state index contributed by atoms with van der Waals surface area (Å²) >= 11 is 0. The Kier molecular flexibility index (Phi) is 4.53. The predicted octanol–water partition coefficient (Wildman–Crippen LogP) is 0.301. The maximum Gasteiger partial charge on any atom is 0.229 e. The van der Waals surface area contributed by atoms with Gasteiger partial charge in [-0.3, -0.25) is 9.36 Å². The lowest BCUT2D eigenvalue weighted by Crippen LogP contribution is -2.42. The van der Waals surface area contributed by atoms with Gasteiger partial charge in [-0.1, -0.05) is 0 Å². The molecule has 3 atom stereocenters. The molecular formula is C21H20N8O3. The first-order valence-electron chi connectivity index (χ1n) is 10.0. The van der Waals surface area contributed by atoms with Crippen molar-refractivity contribution in [3.8, 4) is 11.8 Å². The van der Waals surface area contributed by atoms with E-state index in [-0.39, 0.29) is 23.4 Å². The Morgan fingerprint density at radius 2 is 1.94 bits per heavy atom. The molecule has 0 saturated heterocycles. The van der Waals surface area contributed by atoms with E-state index in [0.29, 0.717) is 41.3 Å². The van der Waals surface area contributed by atoms with Crippen LogP contribution in [0.25, 0.3) is 16.9 Å². The SMILES string of the molecule is CNC(=O)C12CC1CC(n1cnc3c(NC)nc(C#Cc4ncccn4)nc31)=C(O)[C@@H]2O. The number of allylic oxidation sites excluding steroid dienone is 1. The van der Waals surface area contributed by atoms with Crippen LogP contribution in [0.2, 0.25) is 0 Å². The quantitative estimate of drug-likeness (QED) is 0.428. The van der Waals surface area contributed by atoms with Gasteiger partial charge in [-0.05, 0) is 36.7 Å². The van der Waals surface area contributed by atoms with Crippen LogP contribution in [0.4, 0.5) is 5.82 Å². The zero-order valence-electron chi connectivity index (χ0n) is 17.4. The van der Waals surface area contributed by atoms with Crippen LogP contribution in [0.3, 0.4) is 0 Å². The largest absolute Gasteiger partial charge is 0.508 e. The molecule has 2 unspecified atom stereocenters. The summed E-state index contributed by atoms with van der Waals surface area (Å²) in [6, 6.07) is 1.70. The second-order valence-electron chi connectivity index (χ2n) is 7.71. The normalized spacial score (nSPS) is 23.8. The summed E-state index contributed by atoms with van der Waals surface area (Å²) in [5.41, 5.74) is 0.385. The fourth-order valence-corrected chi connectivity index (χ4v) is 4.34. The van der Waals surface area contributed by atoms with Crippen molar-refractivity contribution < 1.29 is 15.0 Å². The number of rotatable bonds is 3. The third kappa shape index (κ3) is 2.88. The van der Waals surface area contributed by atoms with Crippen molar-refractivity contribution in [3.05, 3.63) is 42.2 Å². The number of aromatic nitrogens is 6. The van der Waals surface area contributed by atoms with Gasteiger partial charge in [0.15, 0.2) is 17.0 Å². The van der Waals surface area contributed by atoms with Gasteiger partial charge in [-0.2, -0.15) is 0 Å². The molecule has 0 radical (unpaired) electrons. The second kappa shape index (κ2) is 7.28. The predicted molar refractivity (Wildman–Crippen MR) is 114 cm³/mol. The van der Waals surface area contributed by atoms with Crippen LogP contribution in [0.15, 0.2) is 30.5 Å². The molecule has 1 saturated carbocycles. The molecule has 1 amide bonds. The van der Waals surface area contributed by atoms with Crippen molar-refractivity contribution in [2.45, 2.75) is 18.9 Å². The van der Waals surface area contributed by atoms with Gasteiger partial charge in [0.25, 0.3) is 0 Å². The molecule has 0 spiro atoms. The Hall–Kier alpha value is -4.04. The van der Waals surface area contributed by atoms with Crippen molar-refractivity contribution in [1.82, 2.24) is 34.8 Å². The highest BCUT2D eigenvalue weighted by molar-refractivity contribution is 5.90. The average Bonchev–Trinajstić information content (AvgIpc) is 3.43. The van der Waals surface area contributed by atoms with E-state index in [1.807, 2.05) is 0 Å². The number of aliphatic hydroxyl groups excluding tert-OH is 2. The van der Waals surface area contributed by atoms with Crippen LogP contribution >= 0.6 is 0 Å². The summed E-state index contributed by atoms with van der Waals surface area (Å²) in [5, 5.41) is 27.2. The number of amides is 1. The van der Waals surface area contributed by atoms with Gasteiger partial charge >= 0.3 is 0 Å². The first-order valence-corrected chi connectivity index (χ1v) is 10.0. The number of carbonyl (C=O) groups excluding carboxylic acids is 1. The second-order valence-corrected chi connectivity index (χ2v) is 7.71. The van der Waals surface area contributed by atoms with Crippen molar-refractivity contribution in [2.75, 3.05) is 19.4 Å². The molecule has 5 rings (SSSR count). The zero-order chi connectivity index (χ0) is 22.5. The Bertz CT molecular complexity index is 1320. The van der Waals surface area contributed by atoms with E-state index in [9.17, 15) is 15.0 Å². The lowest BCUT2D eigenvalue weighted by Gasteiger charge is -2.28. The van der Waals surface area contributed by atoms with Gasteiger partial charge in [-0.25, -0.2) is 24.9 Å². The molecule has 32 heavy (non-hydrogen) atoms. The molecule has 3 heterocycles. The van der Waals surface area contributed by atoms with Gasteiger partial charge in [0, 0.05) is 26.5 Å². The zero-order valence-corrected chi connectivity index (χ0v) is 17.4. The minimum absolute atomic E-state index is 0.0825. The molecule has 3 aromatic heterocycles. The number of nitrogens with zero attached hydrogens (tertiary/aromatic N) is 6. The molecule has 2 aliphatic carbocycles. The highest BCUT2D eigenvalue weighted by Crippen LogP contribution is 2.63. The maximum atomic E-state index is 12.3. The topological polar surface area (TPSA) is 151 Å². The third-order valence-electron chi connectivity index (χ3n) is 6.06. The summed E-state index contributed by atoms with van der Waals surface area (Å²) < 4.78 is 1.62. The van der Waals surface area contributed by atoms with Gasteiger partial charge in [0.2, 0.25) is 17.6 Å². The lowest BCUT2D eigenvalue weighted by molar-refractivity contribution is -0.131. The van der Waals surface area contributed by atoms with E-state index in [1.165, 1.54) is 13.4 Å². The molecule has 4 N–H and O–H groups in total. The number of hydrogen-bond donors (Lipinski definition) is 4. The molecule has 0 bridgehead atoms. The molecule has 11 heteroatoms. The standard InChI is InChI=1S/C21H20N8O3/c1-22-18-15-19(28-14(27-18)5-4-13-24-6-3-7-25-13)29(10-26-15)12-8-11-9-21(11,20(32)23-2)17(31)16(12)30/h3,6-7,10-11,17,30-31H,8-9H2,1-2H3,(H,23,32)(H,22,27,28)/t11?,17-,21?/m0/s1. The molecular weight excluding hydrogens is 412 g/mol. The molecule has 11 nitrogen and oxygen atoms in total. The molecule has 2 aliphatic rings. The Labute approximate surface area is 182 Å². The maximum absolute atomic E-state index is 12.3. The molecule has 0 aromatic carbocycles. The van der Waals surface area contributed by atoms with Crippen molar-refractivity contribution >= 4 is 28.6 Å². The number of fused-ring (bicyclic) bond motifs is 2. The fourth-order valence-electron chi connectivity index (χ4n) is 4.34. The molecule has 1 fully saturated rings. The van der Waals surface area contributed by atoms with E-state index in [0.717, 1.165) is 0 Å². The van der Waals surface area contributed by atoms with Crippen molar-refractivity contribution in [2.24, 2.45) is 11.3 Å². The van der Waals surface area contributed by atoms with Crippen molar-refractivity contribution in [1.29, 1.82) is 0 Å². The number of imidazole rings is 1. The average molecular weight is 432 g/mol. The number of anilines is 1. The minimum Gasteiger partial charge on any atom is -0.508 e. The van der Waals surface area contributed by atoms with Gasteiger partial charge in [0.1, 0.15) is 18.2 Å². The van der Waals surface area contributed by atoms with Crippen molar-refractivity contribution in [3.63, 3.8) is 0 Å². The van der Waals surface area contributed by atoms with Gasteiger partial charge in [-0.15, -0.1) is 0 Å². The van der Waals surface area contributed by atoms with Crippen LogP contribution in [-0.2, 0) is 4.79 Å². The van der Waals surface area contributed by atoms with Crippen LogP contribution in [-0.4, -0.2) is 65.8 Å². The number of nitrogens with one attached hydrogen (secondary N) is 2. The first-order chi connectivity index (χ1) is 15.5. The summed E-state index contributed by atoms with van der Waals surface area (Å²) in [5.74, 6) is 6.10. The minimum atomic E-state index is -1.30. The van der Waals surface area contributed by atoms with Crippen LogP contribution in [0.1, 0.15) is 24.5 Å². The Balaban J connectivity index is 1.59. The summed E-state index contributed by atoms with van der Waals surface area (Å²) in [6.45, 7) is 0. The fraction of sp³-hybridized carbons (Fsp3) is 0.333. The van der Waals surface area contributed by atoms with Gasteiger partial charge < -0.3 is 20.8 Å². The van der Waals surface area contributed by atoms with Crippen LogP contribution in [0.5, 0.6) is 0 Å². The van der Waals surface area contributed by atoms with E-state index in [2.05, 4.69) is 47.4 Å². The lowest BCUT2D eigenvalue weighted by atomic mass is 9.86. The Morgan fingerprint density at radius 1 is 1.19 bits per heavy atom. The van der Waals surface area contributed by atoms with E-state index in [4.69, 9.17) is 0 Å². The monoisotopic (exact) mass is 432 g/mol. The van der Waals surface area contributed by atoms with E-state index in [1.54, 1.807) is 30.1 Å². The molecule has 162 valence electrons. The number of hydrogen-bond acceptors (Lipinski definition) is 9. The highest BCUT2D eigenvalue weighted by atomic mass is 16.3. The summed E-state index contributed by atoms with van der Waals surface area (Å²) in [7, 11) is 3.24. The summed E-state index contributed by atoms with van der Waals surface area (Å²) in [4.78, 5) is 33.7. The first kappa shape index (κ1) is 19.9. The number of carbonyl (C=O) groups is 1. The molecule has 3 aromatic rings. The smallest absolute Gasteiger partial charge is 0.229 e. The van der Waals surface area contributed by atoms with E-state index >= 15 is 0 Å².